The van der Waals surface area contributed by atoms with Crippen molar-refractivity contribution in [2.45, 2.75) is 0 Å². The van der Waals surface area contributed by atoms with Crippen LogP contribution in [0.2, 0.25) is 0 Å². The van der Waals surface area contributed by atoms with Crippen molar-refractivity contribution in [3.63, 3.8) is 0 Å². The molecule has 0 spiro atoms. The third kappa shape index (κ3) is 13.2. The molecule has 0 aliphatic carbocycles. The first kappa shape index (κ1) is 83.0. The van der Waals surface area contributed by atoms with E-state index in [2.05, 4.69) is 438 Å². The first-order valence-corrected chi connectivity index (χ1v) is 50.0. The summed E-state index contributed by atoms with van der Waals surface area (Å²) in [6.07, 6.45) is 0. The van der Waals surface area contributed by atoms with Gasteiger partial charge in [-0.25, -0.2) is 29.9 Å². The minimum atomic E-state index is 0.794. The lowest BCUT2D eigenvalue weighted by Gasteiger charge is -2.35. The summed E-state index contributed by atoms with van der Waals surface area (Å²) in [6, 6.07) is 177. The van der Waals surface area contributed by atoms with Crippen molar-refractivity contribution in [1.82, 2.24) is 34.5 Å². The molecule has 0 atom stereocenters. The van der Waals surface area contributed by atoms with Gasteiger partial charge in [0, 0.05) is 99.0 Å². The van der Waals surface area contributed by atoms with Crippen LogP contribution >= 0.6 is 0 Å². The predicted molar refractivity (Wildman–Crippen MR) is 611 cm³/mol. The van der Waals surface area contributed by atoms with Crippen LogP contribution in [0.4, 0.5) is 51.3 Å². The van der Waals surface area contributed by atoms with E-state index >= 15 is 0 Å². The number of hydrogen-bond donors (Lipinski definition) is 0. The molecule has 0 radical (unpaired) electrons. The van der Waals surface area contributed by atoms with Gasteiger partial charge in [-0.1, -0.05) is 358 Å². The SMILES string of the molecule is c1cc(-c2nc3ccccc3nc2-c2cccc3c2oc2ccccc23)cc(N2c3ccc4ccccc4c3-c3cccc4cccc2c34)c1.c1ccc(-c2nc3ccccc3nc2N2c3ccc4ccccc4c3-c3cccc4cccc2c34)cc1.c1ccc(-n2c3ccccc3c3cc(-c4nc5ccccc5nc4-c4ccc(N5c6ccc7ccccc7c6-c6cccc7cccc5c67)c5ccccc45)ccc32)cc1. The standard InChI is InChI=1S/C56H34N4.C46H27N3O.C34H21N3/c1-2-17-38(18-3-1)59-48-26-11-8-22-42(48)45-34-37(29-31-50(45)59)55-56(58-47-25-10-9-24-46(47)57-55)43-30-33-49(41-21-7-6-20-40(41)43)60-51-27-13-16-36-15-12-23-44(53(36)51)54-39-19-5-4-14-35(39)28-32-52(54)60;1-2-16-32-28(11-1)25-26-40-43(32)35-19-8-12-29-13-9-23-39(42(29)35)49(40)31-15-7-14-30(27-31)44-45(48-38-22-5-4-21-37(38)47-44)36-20-10-18-34-33-17-3-6-24-41(33)50-46(34)36;1-2-11-24(12-3-1)33-34(36-28-18-7-6-17-27(28)35-33)37-29-19-9-14-23-13-8-16-26(31(23)29)32-25-15-5-4-10-22(25)20-21-30(32)37/h1-34H;1-27H;1-21H. The van der Waals surface area contributed by atoms with Gasteiger partial charge < -0.3 is 18.8 Å². The third-order valence-corrected chi connectivity index (χ3v) is 30.0. The molecular formula is C136H82N10O. The summed E-state index contributed by atoms with van der Waals surface area (Å²) in [7, 11) is 0. The Balaban J connectivity index is 0.000000105. The zero-order valence-corrected chi connectivity index (χ0v) is 79.2. The maximum Gasteiger partial charge on any atom is 0.165 e. The molecule has 0 bridgehead atoms. The zero-order valence-electron chi connectivity index (χ0n) is 79.2. The van der Waals surface area contributed by atoms with Crippen molar-refractivity contribution in [2.24, 2.45) is 0 Å². The second kappa shape index (κ2) is 33.4. The molecule has 0 saturated carbocycles. The number of fused-ring (bicyclic) bond motifs is 22. The summed E-state index contributed by atoms with van der Waals surface area (Å²) in [5, 5.41) is 21.7. The summed E-state index contributed by atoms with van der Waals surface area (Å²) in [4.78, 5) is 39.1. The fourth-order valence-electron chi connectivity index (χ4n) is 23.6. The van der Waals surface area contributed by atoms with Crippen molar-refractivity contribution >= 4 is 204 Å². The van der Waals surface area contributed by atoms with Crippen LogP contribution in [0.5, 0.6) is 0 Å². The fraction of sp³-hybridized carbons (Fsp3) is 0. The monoisotopic (exact) mass is 1870 g/mol. The highest BCUT2D eigenvalue weighted by atomic mass is 16.3. The Morgan fingerprint density at radius 3 is 1.12 bits per heavy atom. The molecule has 8 heterocycles. The third-order valence-electron chi connectivity index (χ3n) is 30.0. The molecule has 0 N–H and O–H groups in total. The van der Waals surface area contributed by atoms with E-state index in [-0.39, 0.29) is 0 Å². The molecule has 0 amide bonds. The smallest absolute Gasteiger partial charge is 0.165 e. The fourth-order valence-corrected chi connectivity index (χ4v) is 23.6. The minimum absolute atomic E-state index is 0.794. The maximum absolute atomic E-state index is 6.52. The Bertz CT molecular complexity index is 10600. The molecule has 29 aromatic rings. The van der Waals surface area contributed by atoms with Gasteiger partial charge in [0.25, 0.3) is 0 Å². The van der Waals surface area contributed by atoms with Crippen molar-refractivity contribution in [2.75, 3.05) is 14.7 Å². The summed E-state index contributed by atoms with van der Waals surface area (Å²) >= 11 is 0. The van der Waals surface area contributed by atoms with Gasteiger partial charge in [-0.3, -0.25) is 4.90 Å². The number of anilines is 9. The van der Waals surface area contributed by atoms with E-state index in [9.17, 15) is 0 Å². The molecule has 0 fully saturated rings. The molecule has 3 aliphatic rings. The average molecular weight is 1870 g/mol. The first-order chi connectivity index (χ1) is 72.9. The van der Waals surface area contributed by atoms with E-state index in [0.29, 0.717) is 0 Å². The number of aromatic nitrogens is 7. The number of furan rings is 1. The quantitative estimate of drug-likeness (QED) is 0.139. The maximum atomic E-state index is 6.52. The normalized spacial score (nSPS) is 12.3. The van der Waals surface area contributed by atoms with Gasteiger partial charge >= 0.3 is 0 Å². The second-order valence-corrected chi connectivity index (χ2v) is 38.1. The van der Waals surface area contributed by atoms with Crippen LogP contribution in [0.25, 0.3) is 248 Å². The highest BCUT2D eigenvalue weighted by Crippen LogP contribution is 2.60. The van der Waals surface area contributed by atoms with Gasteiger partial charge in [-0.05, 0) is 210 Å². The van der Waals surface area contributed by atoms with Crippen LogP contribution in [0.1, 0.15) is 0 Å². The van der Waals surface area contributed by atoms with Gasteiger partial charge in [0.1, 0.15) is 22.6 Å². The summed E-state index contributed by atoms with van der Waals surface area (Å²) < 4.78 is 8.88. The van der Waals surface area contributed by atoms with Gasteiger partial charge in [0.05, 0.1) is 101 Å². The van der Waals surface area contributed by atoms with Crippen molar-refractivity contribution in [3.8, 4) is 95.4 Å². The topological polar surface area (TPSA) is 105 Å². The minimum Gasteiger partial charge on any atom is -0.455 e. The van der Waals surface area contributed by atoms with Gasteiger partial charge in [0.15, 0.2) is 5.82 Å². The second-order valence-electron chi connectivity index (χ2n) is 38.1. The van der Waals surface area contributed by atoms with Crippen LogP contribution in [-0.4, -0.2) is 34.5 Å². The van der Waals surface area contributed by atoms with E-state index in [0.717, 1.165) is 173 Å². The van der Waals surface area contributed by atoms with E-state index in [1.165, 1.54) is 126 Å². The van der Waals surface area contributed by atoms with Crippen molar-refractivity contribution in [1.29, 1.82) is 0 Å². The number of para-hydroxylation sites is 10. The van der Waals surface area contributed by atoms with E-state index in [4.69, 9.17) is 34.3 Å². The Morgan fingerprint density at radius 2 is 0.551 bits per heavy atom. The Morgan fingerprint density at radius 1 is 0.177 bits per heavy atom. The Hall–Kier alpha value is -19.9. The van der Waals surface area contributed by atoms with E-state index < -0.39 is 0 Å². The van der Waals surface area contributed by atoms with Crippen molar-refractivity contribution in [3.05, 3.63) is 497 Å². The number of rotatable bonds is 9. The molecule has 24 aromatic carbocycles. The lowest BCUT2D eigenvalue weighted by atomic mass is 9.87. The molecule has 3 aliphatic heterocycles. The summed E-state index contributed by atoms with van der Waals surface area (Å²) in [6.45, 7) is 0. The van der Waals surface area contributed by atoms with Crippen molar-refractivity contribution < 1.29 is 4.42 Å². The number of benzene rings is 24. The molecule has 11 nitrogen and oxygen atoms in total. The largest absolute Gasteiger partial charge is 0.455 e. The lowest BCUT2D eigenvalue weighted by molar-refractivity contribution is 0.670. The average Bonchev–Trinajstić information content (AvgIpc) is 1.63. The number of hydrogen-bond acceptors (Lipinski definition) is 10. The van der Waals surface area contributed by atoms with Crippen LogP contribution in [0, 0.1) is 0 Å². The van der Waals surface area contributed by atoms with E-state index in [1.807, 2.05) is 78.9 Å². The van der Waals surface area contributed by atoms with Gasteiger partial charge in [-0.2, -0.15) is 0 Å². The molecular weight excluding hydrogens is 1790 g/mol. The Kier molecular flexibility index (Phi) is 18.9. The van der Waals surface area contributed by atoms with Crippen LogP contribution in [0.3, 0.4) is 0 Å². The van der Waals surface area contributed by atoms with Gasteiger partial charge in [-0.15, -0.1) is 0 Å². The predicted octanol–water partition coefficient (Wildman–Crippen LogP) is 36.6. The molecule has 0 saturated heterocycles. The first-order valence-electron chi connectivity index (χ1n) is 50.0. The highest BCUT2D eigenvalue weighted by molar-refractivity contribution is 6.25. The molecule has 147 heavy (non-hydrogen) atoms. The molecule has 682 valence electrons. The molecule has 5 aromatic heterocycles. The Labute approximate surface area is 844 Å². The molecule has 11 heteroatoms. The highest BCUT2D eigenvalue weighted by Gasteiger charge is 2.35. The van der Waals surface area contributed by atoms with Crippen LogP contribution in [0.15, 0.2) is 502 Å². The summed E-state index contributed by atoms with van der Waals surface area (Å²) in [5.74, 6) is 0.837. The summed E-state index contributed by atoms with van der Waals surface area (Å²) in [5.41, 5.74) is 36.2. The molecule has 0 unspecified atom stereocenters. The number of nitrogens with zero attached hydrogens (tertiary/aromatic N) is 10. The molecule has 32 rings (SSSR count). The zero-order chi connectivity index (χ0) is 96.4. The van der Waals surface area contributed by atoms with Crippen LogP contribution in [-0.2, 0) is 0 Å². The van der Waals surface area contributed by atoms with Gasteiger partial charge in [0.2, 0.25) is 0 Å². The lowest BCUT2D eigenvalue weighted by Crippen LogP contribution is -2.18. The van der Waals surface area contributed by atoms with Crippen LogP contribution < -0.4 is 14.7 Å². The van der Waals surface area contributed by atoms with E-state index in [1.54, 1.807) is 0 Å².